The number of benzene rings is 2. The van der Waals surface area contributed by atoms with Gasteiger partial charge in [-0.05, 0) is 67.8 Å². The number of fused-ring (bicyclic) bond motifs is 2. The lowest BCUT2D eigenvalue weighted by Crippen LogP contribution is -2.57. The number of halogens is 3. The number of aromatic nitrogens is 1. The zero-order valence-electron chi connectivity index (χ0n) is 22.1. The lowest BCUT2D eigenvalue weighted by molar-refractivity contribution is -0.156. The van der Waals surface area contributed by atoms with Crippen LogP contribution < -0.4 is 15.4 Å². The normalized spacial score (nSPS) is 22.0. The molecule has 2 N–H and O–H groups in total. The van der Waals surface area contributed by atoms with Gasteiger partial charge in [-0.15, -0.1) is 0 Å². The summed E-state index contributed by atoms with van der Waals surface area (Å²) in [5, 5.41) is 6.51. The molecule has 0 bridgehead atoms. The molecule has 8 nitrogen and oxygen atoms in total. The fraction of sp³-hybridized carbons (Fsp3) is 0.310. The number of nitrogens with one attached hydrogen (secondary N) is 2. The van der Waals surface area contributed by atoms with Gasteiger partial charge in [-0.1, -0.05) is 35.3 Å². The maximum Gasteiger partial charge on any atom is 0.349 e. The van der Waals surface area contributed by atoms with E-state index in [1.165, 1.54) is 39.3 Å². The van der Waals surface area contributed by atoms with Crippen molar-refractivity contribution in [3.8, 4) is 5.88 Å². The summed E-state index contributed by atoms with van der Waals surface area (Å²) < 4.78 is 25.6. The SMILES string of the molecule is COC(=O)C(C)(C)Oc1ncc(Cl)cc1[C@H]1CC(=O)N[C@@H](c2cc(F)ccc2C)C12C(=O)Nc1cc(Cl)ccc12. The van der Waals surface area contributed by atoms with Crippen LogP contribution in [0, 0.1) is 12.7 Å². The maximum absolute atomic E-state index is 14.6. The third-order valence-electron chi connectivity index (χ3n) is 7.55. The van der Waals surface area contributed by atoms with Crippen molar-refractivity contribution in [2.24, 2.45) is 0 Å². The van der Waals surface area contributed by atoms with Crippen molar-refractivity contribution in [1.82, 2.24) is 10.3 Å². The van der Waals surface area contributed by atoms with Gasteiger partial charge in [0.25, 0.3) is 0 Å². The van der Waals surface area contributed by atoms with E-state index in [0.717, 1.165) is 0 Å². The number of amides is 2. The van der Waals surface area contributed by atoms with Crippen LogP contribution in [0.5, 0.6) is 5.88 Å². The van der Waals surface area contributed by atoms with Crippen molar-refractivity contribution in [3.05, 3.63) is 86.8 Å². The highest BCUT2D eigenvalue weighted by Crippen LogP contribution is 2.59. The molecule has 208 valence electrons. The van der Waals surface area contributed by atoms with E-state index >= 15 is 0 Å². The van der Waals surface area contributed by atoms with Gasteiger partial charge in [0.05, 0.1) is 18.2 Å². The van der Waals surface area contributed by atoms with E-state index in [4.69, 9.17) is 32.7 Å². The molecule has 3 aromatic rings. The lowest BCUT2D eigenvalue weighted by Gasteiger charge is -2.47. The molecule has 3 atom stereocenters. The van der Waals surface area contributed by atoms with Crippen LogP contribution in [-0.4, -0.2) is 35.5 Å². The van der Waals surface area contributed by atoms with Crippen LogP contribution in [0.3, 0.4) is 0 Å². The molecule has 0 aliphatic carbocycles. The third kappa shape index (κ3) is 4.47. The Balaban J connectivity index is 1.81. The Labute approximate surface area is 240 Å². The number of aryl methyl sites for hydroxylation is 1. The van der Waals surface area contributed by atoms with Crippen LogP contribution in [0.25, 0.3) is 0 Å². The van der Waals surface area contributed by atoms with Crippen LogP contribution in [0.4, 0.5) is 10.1 Å². The van der Waals surface area contributed by atoms with Gasteiger partial charge in [0, 0.05) is 34.8 Å². The van der Waals surface area contributed by atoms with E-state index in [1.807, 2.05) is 0 Å². The fourth-order valence-electron chi connectivity index (χ4n) is 5.75. The van der Waals surface area contributed by atoms with E-state index in [0.29, 0.717) is 33.0 Å². The number of hydrogen-bond acceptors (Lipinski definition) is 6. The molecule has 40 heavy (non-hydrogen) atoms. The number of ether oxygens (including phenoxy) is 2. The molecule has 0 saturated carbocycles. The van der Waals surface area contributed by atoms with Gasteiger partial charge in [-0.2, -0.15) is 0 Å². The van der Waals surface area contributed by atoms with E-state index in [1.54, 1.807) is 37.3 Å². The molecule has 5 rings (SSSR count). The number of anilines is 1. The standard InChI is InChI=1S/C29H26Cl2FN3O5/c1-14-5-7-17(32)11-18(14)24-29(20-8-6-15(30)10-22(20)34-26(29)37)21(12-23(36)35-24)19-9-16(31)13-33-25(19)40-28(2,3)27(38)39-4/h5-11,13,21,24H,12H2,1-4H3,(H,34,37)(H,35,36)/t21-,24+,29?/m1/s1. The van der Waals surface area contributed by atoms with Crippen LogP contribution in [-0.2, 0) is 24.5 Å². The number of pyridine rings is 1. The molecule has 3 heterocycles. The lowest BCUT2D eigenvalue weighted by atomic mass is 9.59. The highest BCUT2D eigenvalue weighted by molar-refractivity contribution is 6.31. The van der Waals surface area contributed by atoms with Crippen molar-refractivity contribution in [2.75, 3.05) is 12.4 Å². The molecule has 2 aliphatic heterocycles. The molecule has 1 aromatic heterocycles. The van der Waals surface area contributed by atoms with E-state index in [-0.39, 0.29) is 23.2 Å². The molecule has 1 fully saturated rings. The number of esters is 1. The quantitative estimate of drug-likeness (QED) is 0.388. The molecule has 2 aliphatic rings. The van der Waals surface area contributed by atoms with Gasteiger partial charge in [0.1, 0.15) is 11.2 Å². The number of hydrogen-bond donors (Lipinski definition) is 2. The van der Waals surface area contributed by atoms with E-state index < -0.39 is 40.7 Å². The van der Waals surface area contributed by atoms with Gasteiger partial charge in [-0.3, -0.25) is 9.59 Å². The zero-order valence-corrected chi connectivity index (χ0v) is 23.6. The second kappa shape index (κ2) is 10.1. The molecule has 11 heteroatoms. The van der Waals surface area contributed by atoms with E-state index in [9.17, 15) is 18.8 Å². The van der Waals surface area contributed by atoms with Crippen LogP contribution in [0.1, 0.15) is 54.5 Å². The van der Waals surface area contributed by atoms with Crippen molar-refractivity contribution in [3.63, 3.8) is 0 Å². The van der Waals surface area contributed by atoms with Gasteiger partial charge in [0.2, 0.25) is 23.3 Å². The number of rotatable bonds is 5. The van der Waals surface area contributed by atoms with Gasteiger partial charge >= 0.3 is 5.97 Å². The minimum absolute atomic E-state index is 0.00352. The summed E-state index contributed by atoms with van der Waals surface area (Å²) >= 11 is 12.7. The molecule has 2 aromatic carbocycles. The number of nitrogens with zero attached hydrogens (tertiary/aromatic N) is 1. The predicted molar refractivity (Wildman–Crippen MR) is 147 cm³/mol. The first-order valence-electron chi connectivity index (χ1n) is 12.5. The van der Waals surface area contributed by atoms with Crippen molar-refractivity contribution < 1.29 is 28.2 Å². The monoisotopic (exact) mass is 585 g/mol. The Kier molecular flexibility index (Phi) is 7.00. The first-order valence-corrected chi connectivity index (χ1v) is 13.2. The van der Waals surface area contributed by atoms with Crippen molar-refractivity contribution in [1.29, 1.82) is 0 Å². The Morgan fingerprint density at radius 1 is 1.10 bits per heavy atom. The Morgan fingerprint density at radius 2 is 1.85 bits per heavy atom. The highest BCUT2D eigenvalue weighted by Gasteiger charge is 2.62. The van der Waals surface area contributed by atoms with Crippen molar-refractivity contribution >= 4 is 46.7 Å². The summed E-state index contributed by atoms with van der Waals surface area (Å²) in [6, 6.07) is 9.81. The topological polar surface area (TPSA) is 107 Å². The second-order valence-electron chi connectivity index (χ2n) is 10.4. The summed E-state index contributed by atoms with van der Waals surface area (Å²) in [7, 11) is 1.24. The van der Waals surface area contributed by atoms with Gasteiger partial charge in [-0.25, -0.2) is 14.2 Å². The third-order valence-corrected chi connectivity index (χ3v) is 7.99. The van der Waals surface area contributed by atoms with Crippen LogP contribution in [0.15, 0.2) is 48.7 Å². The molecule has 1 unspecified atom stereocenters. The average Bonchev–Trinajstić information content (AvgIpc) is 3.18. The molecule has 1 saturated heterocycles. The smallest absolute Gasteiger partial charge is 0.349 e. The Morgan fingerprint density at radius 3 is 2.58 bits per heavy atom. The highest BCUT2D eigenvalue weighted by atomic mass is 35.5. The largest absolute Gasteiger partial charge is 0.466 e. The summed E-state index contributed by atoms with van der Waals surface area (Å²) in [6.07, 6.45) is 1.19. The zero-order chi connectivity index (χ0) is 29.0. The summed E-state index contributed by atoms with van der Waals surface area (Å²) in [5.41, 5.74) is -0.499. The number of carbonyl (C=O) groups is 3. The number of carbonyl (C=O) groups excluding carboxylic acids is 3. The second-order valence-corrected chi connectivity index (χ2v) is 11.3. The first-order chi connectivity index (χ1) is 18.9. The summed E-state index contributed by atoms with van der Waals surface area (Å²) in [4.78, 5) is 44.4. The summed E-state index contributed by atoms with van der Waals surface area (Å²) in [6.45, 7) is 4.81. The minimum atomic E-state index is -1.49. The number of piperidine rings is 1. The van der Waals surface area contributed by atoms with Crippen molar-refractivity contribution in [2.45, 2.75) is 50.2 Å². The minimum Gasteiger partial charge on any atom is -0.466 e. The number of methoxy groups -OCH3 is 1. The fourth-order valence-corrected chi connectivity index (χ4v) is 6.09. The molecule has 0 radical (unpaired) electrons. The Hall–Kier alpha value is -3.69. The van der Waals surface area contributed by atoms with E-state index in [2.05, 4.69) is 15.6 Å². The molecule has 2 amide bonds. The van der Waals surface area contributed by atoms with Gasteiger partial charge in [0.15, 0.2) is 0 Å². The Bertz CT molecular complexity index is 1560. The maximum atomic E-state index is 14.6. The van der Waals surface area contributed by atoms with Gasteiger partial charge < -0.3 is 20.1 Å². The summed E-state index contributed by atoms with van der Waals surface area (Å²) in [5.74, 6) is -2.87. The predicted octanol–water partition coefficient (Wildman–Crippen LogP) is 5.40. The molecular weight excluding hydrogens is 560 g/mol. The van der Waals surface area contributed by atoms with Crippen LogP contribution in [0.2, 0.25) is 10.0 Å². The molecular formula is C29H26Cl2FN3O5. The first kappa shape index (κ1) is 27.9. The van der Waals surface area contributed by atoms with Crippen LogP contribution >= 0.6 is 23.2 Å². The molecule has 1 spiro atoms. The average molecular weight is 586 g/mol.